The zero-order chi connectivity index (χ0) is 25.7. The normalized spacial score (nSPS) is 15.5. The van der Waals surface area contributed by atoms with Crippen LogP contribution in [0.15, 0.2) is 91.0 Å². The van der Waals surface area contributed by atoms with E-state index in [-0.39, 0.29) is 12.0 Å². The predicted octanol–water partition coefficient (Wildman–Crippen LogP) is 2.33. The molecule has 1 aliphatic heterocycles. The lowest BCUT2D eigenvalue weighted by Gasteiger charge is -2.40. The van der Waals surface area contributed by atoms with E-state index in [0.717, 1.165) is 19.3 Å². The van der Waals surface area contributed by atoms with Crippen molar-refractivity contribution in [3.05, 3.63) is 91.0 Å². The lowest BCUT2D eigenvalue weighted by molar-refractivity contribution is -0.608. The molecule has 7 nitrogen and oxygen atoms in total. The predicted molar refractivity (Wildman–Crippen MR) is 140 cm³/mol. The van der Waals surface area contributed by atoms with Gasteiger partial charge in [-0.25, -0.2) is 12.7 Å². The number of benzene rings is 3. The third kappa shape index (κ3) is 7.12. The first-order valence-electron chi connectivity index (χ1n) is 10.9. The Bertz CT molecular complexity index is 1290. The Morgan fingerprint density at radius 1 is 0.771 bits per heavy atom. The van der Waals surface area contributed by atoms with Gasteiger partial charge in [-0.05, 0) is 43.3 Å². The summed E-state index contributed by atoms with van der Waals surface area (Å²) in [5.74, 6) is 0. The first-order valence-corrected chi connectivity index (χ1v) is 16.3. The number of rotatable bonds is 6. The molecule has 0 aliphatic carbocycles. The molecule has 1 fully saturated rings. The second kappa shape index (κ2) is 10.8. The van der Waals surface area contributed by atoms with Gasteiger partial charge in [-0.1, -0.05) is 54.6 Å². The fraction of sp³-hybridized carbons (Fsp3) is 0.280. The van der Waals surface area contributed by atoms with Gasteiger partial charge in [0.25, 0.3) is 10.1 Å². The van der Waals surface area contributed by atoms with Crippen LogP contribution in [0, 0.1) is 5.41 Å². The molecule has 1 saturated heterocycles. The third-order valence-electron chi connectivity index (χ3n) is 5.56. The van der Waals surface area contributed by atoms with Crippen LogP contribution in [0.1, 0.15) is 6.92 Å². The van der Waals surface area contributed by atoms with E-state index in [1.807, 2.05) is 18.2 Å². The van der Waals surface area contributed by atoms with Crippen LogP contribution in [0.5, 0.6) is 0 Å². The summed E-state index contributed by atoms with van der Waals surface area (Å²) in [6.07, 6.45) is 1.72. The minimum atomic E-state index is -3.92. The summed E-state index contributed by atoms with van der Waals surface area (Å²) in [6.45, 7) is 3.86. The number of hydrogen-bond acceptors (Lipinski definition) is 6. The first-order chi connectivity index (χ1) is 16.3. The van der Waals surface area contributed by atoms with Crippen LogP contribution in [-0.2, 0) is 24.4 Å². The van der Waals surface area contributed by atoms with Crippen LogP contribution in [0.2, 0.25) is 0 Å². The van der Waals surface area contributed by atoms with Gasteiger partial charge in [0.15, 0.2) is 20.1 Å². The molecule has 4 rings (SSSR count). The molecule has 0 atom stereocenters. The summed E-state index contributed by atoms with van der Waals surface area (Å²) < 4.78 is 58.0. The smallest absolute Gasteiger partial charge is 0.264 e. The van der Waals surface area contributed by atoms with Crippen LogP contribution < -0.4 is 15.9 Å². The largest absolute Gasteiger partial charge is 0.748 e. The second-order valence-electron chi connectivity index (χ2n) is 8.95. The van der Waals surface area contributed by atoms with Crippen molar-refractivity contribution in [2.24, 2.45) is 5.41 Å². The average Bonchev–Trinajstić information content (AvgIpc) is 2.78. The highest BCUT2D eigenvalue weighted by Gasteiger charge is 2.51. The van der Waals surface area contributed by atoms with Crippen molar-refractivity contribution in [1.82, 2.24) is 0 Å². The molecule has 0 radical (unpaired) electrons. The van der Waals surface area contributed by atoms with Crippen molar-refractivity contribution in [1.29, 1.82) is 0 Å². The lowest BCUT2D eigenvalue weighted by Crippen LogP contribution is -2.54. The maximum Gasteiger partial charge on any atom is 0.264 e. The highest BCUT2D eigenvalue weighted by atomic mass is 32.2. The monoisotopic (exact) mass is 535 g/mol. The molecular weight excluding hydrogens is 505 g/mol. The summed E-state index contributed by atoms with van der Waals surface area (Å²) in [5, 5.41) is 3.90. The van der Waals surface area contributed by atoms with Crippen molar-refractivity contribution in [2.75, 3.05) is 32.2 Å². The molecule has 0 unspecified atom stereocenters. The summed E-state index contributed by atoms with van der Waals surface area (Å²) in [6, 6.07) is 32.1. The molecular formula is C25H30NO6PS2. The average molecular weight is 536 g/mol. The van der Waals surface area contributed by atoms with E-state index in [9.17, 15) is 8.42 Å². The van der Waals surface area contributed by atoms with Gasteiger partial charge in [0.2, 0.25) is 0 Å². The highest BCUT2D eigenvalue weighted by molar-refractivity contribution is 7.86. The molecule has 3 aromatic rings. The maximum atomic E-state index is 11.5. The number of hydrogen-bond donors (Lipinski definition) is 0. The first kappa shape index (κ1) is 27.3. The van der Waals surface area contributed by atoms with Crippen molar-refractivity contribution < 1.29 is 29.9 Å². The highest BCUT2D eigenvalue weighted by Crippen LogP contribution is 2.50. The van der Waals surface area contributed by atoms with Gasteiger partial charge in [0, 0.05) is 22.2 Å². The lowest BCUT2D eigenvalue weighted by atomic mass is 9.85. The maximum absolute atomic E-state index is 11.5. The fourth-order valence-electron chi connectivity index (χ4n) is 4.26. The SMILES string of the molecule is CC1(COS(C)(=O)=O)C[N+](=P(c2ccccc2)(c2ccccc2)c2ccccc2)C1.CS(=O)(=O)[O-]. The van der Waals surface area contributed by atoms with Crippen LogP contribution in [0.3, 0.4) is 0 Å². The van der Waals surface area contributed by atoms with Crippen LogP contribution >= 0.6 is 7.05 Å². The second-order valence-corrected chi connectivity index (χ2v) is 15.4. The third-order valence-corrected chi connectivity index (χ3v) is 10.4. The minimum absolute atomic E-state index is 0.202. The van der Waals surface area contributed by atoms with E-state index < -0.39 is 27.3 Å². The summed E-state index contributed by atoms with van der Waals surface area (Å²) in [7, 11) is -9.44. The zero-order valence-corrected chi connectivity index (χ0v) is 22.5. The Hall–Kier alpha value is -2.29. The Kier molecular flexibility index (Phi) is 8.40. The van der Waals surface area contributed by atoms with E-state index in [1.54, 1.807) is 0 Å². The van der Waals surface area contributed by atoms with Gasteiger partial charge in [-0.2, -0.15) is 8.42 Å². The van der Waals surface area contributed by atoms with E-state index in [2.05, 4.69) is 84.0 Å². The van der Waals surface area contributed by atoms with Crippen LogP contribution in [-0.4, -0.2) is 57.9 Å². The molecule has 0 bridgehead atoms. The quantitative estimate of drug-likeness (QED) is 0.273. The van der Waals surface area contributed by atoms with Gasteiger partial charge in [0.05, 0.1) is 23.0 Å². The van der Waals surface area contributed by atoms with Crippen molar-refractivity contribution in [3.63, 3.8) is 0 Å². The van der Waals surface area contributed by atoms with E-state index >= 15 is 0 Å². The standard InChI is InChI=1S/C24H27NO3PS.CH4O3S/c1-24(20-28-30(2,26)27)18-25(19-24)29(21-12-6-3-7-13-21,22-14-8-4-9-15-22)23-16-10-5-11-17-23;1-5(2,3)4/h3-17H,18-20H2,1-2H3;1H3,(H,2,3,4)/q+1;/p-1. The van der Waals surface area contributed by atoms with Gasteiger partial charge in [0.1, 0.15) is 5.41 Å². The molecule has 35 heavy (non-hydrogen) atoms. The van der Waals surface area contributed by atoms with Crippen LogP contribution in [0.25, 0.3) is 0 Å². The van der Waals surface area contributed by atoms with Crippen molar-refractivity contribution in [2.45, 2.75) is 6.92 Å². The van der Waals surface area contributed by atoms with Crippen molar-refractivity contribution in [3.8, 4) is 0 Å². The van der Waals surface area contributed by atoms with Gasteiger partial charge in [-0.3, -0.25) is 4.18 Å². The minimum Gasteiger partial charge on any atom is -0.748 e. The van der Waals surface area contributed by atoms with E-state index in [1.165, 1.54) is 15.9 Å². The topological polar surface area (TPSA) is 104 Å². The molecule has 0 N–H and O–H groups in total. The Morgan fingerprint density at radius 2 is 1.09 bits per heavy atom. The van der Waals surface area contributed by atoms with Gasteiger partial charge < -0.3 is 4.55 Å². The van der Waals surface area contributed by atoms with Crippen LogP contribution in [0.4, 0.5) is 0 Å². The Morgan fingerprint density at radius 3 is 1.37 bits per heavy atom. The molecule has 1 aliphatic rings. The molecule has 0 saturated carbocycles. The number of nitrogens with zero attached hydrogens (tertiary/aromatic N) is 1. The van der Waals surface area contributed by atoms with E-state index in [0.29, 0.717) is 6.26 Å². The molecule has 0 spiro atoms. The zero-order valence-electron chi connectivity index (χ0n) is 19.9. The molecule has 188 valence electrons. The molecule has 0 amide bonds. The Labute approximate surface area is 208 Å². The molecule has 3 aromatic carbocycles. The molecule has 0 aromatic heterocycles. The molecule has 1 heterocycles. The Balaban J connectivity index is 0.000000623. The summed E-state index contributed by atoms with van der Waals surface area (Å²) in [5.41, 5.74) is -0.202. The van der Waals surface area contributed by atoms with Gasteiger partial charge in [-0.15, -0.1) is 0 Å². The summed E-state index contributed by atoms with van der Waals surface area (Å²) in [4.78, 5) is 0. The summed E-state index contributed by atoms with van der Waals surface area (Å²) >= 11 is 0. The fourth-order valence-corrected chi connectivity index (χ4v) is 9.55. The van der Waals surface area contributed by atoms with Gasteiger partial charge >= 0.3 is 0 Å². The van der Waals surface area contributed by atoms with E-state index in [4.69, 9.17) is 17.2 Å². The molecule has 10 heteroatoms. The van der Waals surface area contributed by atoms with Crippen molar-refractivity contribution >= 4 is 43.2 Å².